The number of carboxylic acids is 1. The van der Waals surface area contributed by atoms with Crippen LogP contribution in [-0.2, 0) is 9.36 Å². The molecule has 19 heavy (non-hydrogen) atoms. The molecule has 0 heterocycles. The van der Waals surface area contributed by atoms with Gasteiger partial charge in [-0.2, -0.15) is 0 Å². The predicted octanol–water partition coefficient (Wildman–Crippen LogP) is 3.12. The third kappa shape index (κ3) is 4.08. The number of nitrogens with one attached hydrogen (secondary N) is 1. The van der Waals surface area contributed by atoms with Gasteiger partial charge in [-0.15, -0.1) is 0 Å². The largest absolute Gasteiger partial charge is 0.480 e. The van der Waals surface area contributed by atoms with Crippen LogP contribution in [0.1, 0.15) is 27.7 Å². The van der Waals surface area contributed by atoms with E-state index in [9.17, 15) is 9.36 Å². The predicted molar refractivity (Wildman–Crippen MR) is 74.7 cm³/mol. The van der Waals surface area contributed by atoms with Gasteiger partial charge in [-0.25, -0.2) is 5.09 Å². The van der Waals surface area contributed by atoms with Crippen LogP contribution in [0.4, 0.5) is 0 Å². The van der Waals surface area contributed by atoms with E-state index in [2.05, 4.69) is 5.09 Å². The first-order valence-corrected chi connectivity index (χ1v) is 7.63. The maximum Gasteiger partial charge on any atom is 0.322 e. The zero-order valence-corrected chi connectivity index (χ0v) is 12.5. The van der Waals surface area contributed by atoms with E-state index in [1.807, 2.05) is 6.07 Å². The summed E-state index contributed by atoms with van der Waals surface area (Å²) < 4.78 is 18.5. The smallest absolute Gasteiger partial charge is 0.322 e. The Hall–Kier alpha value is -1.32. The lowest BCUT2D eigenvalue weighted by molar-refractivity contribution is -0.138. The van der Waals surface area contributed by atoms with Crippen molar-refractivity contribution in [2.45, 2.75) is 38.9 Å². The Morgan fingerprint density at radius 3 is 2.26 bits per heavy atom. The molecule has 2 atom stereocenters. The molecular weight excluding hydrogens is 265 g/mol. The Bertz CT molecular complexity index is 481. The number of hydrogen-bond donors (Lipinski definition) is 2. The van der Waals surface area contributed by atoms with Crippen molar-refractivity contribution in [3.8, 4) is 5.75 Å². The molecule has 1 aromatic rings. The van der Waals surface area contributed by atoms with Gasteiger partial charge in [0.1, 0.15) is 11.8 Å². The summed E-state index contributed by atoms with van der Waals surface area (Å²) in [5.74, 6) is -0.619. The van der Waals surface area contributed by atoms with Crippen molar-refractivity contribution < 1.29 is 19.0 Å². The van der Waals surface area contributed by atoms with Crippen LogP contribution in [0.5, 0.6) is 5.75 Å². The van der Waals surface area contributed by atoms with Crippen molar-refractivity contribution in [3.05, 3.63) is 30.3 Å². The molecule has 0 saturated heterocycles. The molecule has 1 rings (SSSR count). The number of para-hydroxylation sites is 1. The molecule has 0 bridgehead atoms. The highest BCUT2D eigenvalue weighted by Gasteiger charge is 2.41. The first-order chi connectivity index (χ1) is 8.66. The van der Waals surface area contributed by atoms with E-state index in [4.69, 9.17) is 9.63 Å². The van der Waals surface area contributed by atoms with E-state index < -0.39 is 24.7 Å². The number of benzene rings is 1. The fourth-order valence-electron chi connectivity index (χ4n) is 1.30. The molecule has 5 nitrogen and oxygen atoms in total. The summed E-state index contributed by atoms with van der Waals surface area (Å²) in [6, 6.07) is 7.78. The summed E-state index contributed by atoms with van der Waals surface area (Å²) in [7, 11) is -3.37. The summed E-state index contributed by atoms with van der Waals surface area (Å²) in [4.78, 5) is 10.9. The van der Waals surface area contributed by atoms with Crippen LogP contribution in [0.2, 0.25) is 0 Å². The Balaban J connectivity index is 3.01. The molecule has 6 heteroatoms. The van der Waals surface area contributed by atoms with Gasteiger partial charge in [0.15, 0.2) is 0 Å². The Morgan fingerprint density at radius 2 is 1.84 bits per heavy atom. The molecule has 1 unspecified atom stereocenters. The molecule has 0 saturated carbocycles. The standard InChI is InChI=1S/C13H20NO4P/c1-10(12(15)16)14-19(17,13(2,3)4)18-11-8-6-5-7-9-11/h5-10H,1-4H3,(H,14,17)(H,15,16)/t10-,19?/m1/s1. The fourth-order valence-corrected chi connectivity index (χ4v) is 3.05. The van der Waals surface area contributed by atoms with Crippen LogP contribution >= 0.6 is 7.52 Å². The van der Waals surface area contributed by atoms with Crippen LogP contribution < -0.4 is 9.61 Å². The Morgan fingerprint density at radius 1 is 1.32 bits per heavy atom. The molecule has 0 aliphatic carbocycles. The first-order valence-electron chi connectivity index (χ1n) is 6.01. The quantitative estimate of drug-likeness (QED) is 0.813. The SMILES string of the molecule is C[C@@H](NP(=O)(Oc1ccccc1)C(C)(C)C)C(=O)O. The highest BCUT2D eigenvalue weighted by molar-refractivity contribution is 7.59. The average Bonchev–Trinajstić information content (AvgIpc) is 2.28. The molecule has 0 aliphatic rings. The lowest BCUT2D eigenvalue weighted by atomic mass is 10.3. The minimum absolute atomic E-state index is 0.450. The number of carbonyl (C=O) groups is 1. The molecule has 1 aromatic carbocycles. The third-order valence-electron chi connectivity index (χ3n) is 2.59. The number of rotatable bonds is 5. The van der Waals surface area contributed by atoms with Gasteiger partial charge in [0, 0.05) is 0 Å². The van der Waals surface area contributed by atoms with E-state index in [0.29, 0.717) is 5.75 Å². The number of hydrogen-bond acceptors (Lipinski definition) is 3. The fraction of sp³-hybridized carbons (Fsp3) is 0.462. The summed E-state index contributed by atoms with van der Waals surface area (Å²) in [5.41, 5.74) is 0. The highest BCUT2D eigenvalue weighted by Crippen LogP contribution is 2.55. The van der Waals surface area contributed by atoms with Crippen LogP contribution in [-0.4, -0.2) is 22.3 Å². The van der Waals surface area contributed by atoms with Crippen molar-refractivity contribution in [1.82, 2.24) is 5.09 Å². The van der Waals surface area contributed by atoms with E-state index in [0.717, 1.165) is 0 Å². The van der Waals surface area contributed by atoms with Gasteiger partial charge in [-0.1, -0.05) is 18.2 Å². The Kier molecular flexibility index (Phi) is 4.77. The second-order valence-electron chi connectivity index (χ2n) is 5.32. The number of aliphatic carboxylic acids is 1. The van der Waals surface area contributed by atoms with Crippen LogP contribution in [0.25, 0.3) is 0 Å². The van der Waals surface area contributed by atoms with Gasteiger partial charge in [-0.05, 0) is 39.8 Å². The van der Waals surface area contributed by atoms with E-state index in [1.54, 1.807) is 45.0 Å². The monoisotopic (exact) mass is 285 g/mol. The summed E-state index contributed by atoms with van der Waals surface area (Å²) in [6.45, 7) is 6.68. The van der Waals surface area contributed by atoms with Crippen molar-refractivity contribution in [1.29, 1.82) is 0 Å². The number of carboxylic acid groups (broad SMARTS) is 1. The van der Waals surface area contributed by atoms with E-state index in [1.165, 1.54) is 6.92 Å². The minimum Gasteiger partial charge on any atom is -0.480 e. The van der Waals surface area contributed by atoms with Gasteiger partial charge in [-0.3, -0.25) is 9.36 Å². The van der Waals surface area contributed by atoms with Crippen molar-refractivity contribution in [2.75, 3.05) is 0 Å². The zero-order valence-electron chi connectivity index (χ0n) is 11.6. The van der Waals surface area contributed by atoms with Crippen LogP contribution in [0.15, 0.2) is 30.3 Å². The average molecular weight is 285 g/mol. The van der Waals surface area contributed by atoms with Gasteiger partial charge >= 0.3 is 13.5 Å². The lowest BCUT2D eigenvalue weighted by Crippen LogP contribution is -2.38. The van der Waals surface area contributed by atoms with Crippen molar-refractivity contribution >= 4 is 13.5 Å². The first kappa shape index (κ1) is 15.7. The molecule has 0 fully saturated rings. The molecule has 0 aromatic heterocycles. The normalized spacial score (nSPS) is 16.4. The Labute approximate surface area is 113 Å². The van der Waals surface area contributed by atoms with Gasteiger partial charge in [0.05, 0.1) is 5.16 Å². The highest BCUT2D eigenvalue weighted by atomic mass is 31.2. The molecule has 0 aliphatic heterocycles. The summed E-state index contributed by atoms with van der Waals surface area (Å²) in [5, 5.41) is 10.8. The maximum absolute atomic E-state index is 12.9. The van der Waals surface area contributed by atoms with Gasteiger partial charge in [0.25, 0.3) is 0 Å². The van der Waals surface area contributed by atoms with Crippen LogP contribution in [0, 0.1) is 0 Å². The van der Waals surface area contributed by atoms with E-state index >= 15 is 0 Å². The minimum atomic E-state index is -3.37. The maximum atomic E-state index is 12.9. The summed E-state index contributed by atoms with van der Waals surface area (Å²) >= 11 is 0. The van der Waals surface area contributed by atoms with Crippen molar-refractivity contribution in [2.24, 2.45) is 0 Å². The molecule has 2 N–H and O–H groups in total. The third-order valence-corrected chi connectivity index (χ3v) is 5.56. The topological polar surface area (TPSA) is 75.6 Å². The van der Waals surface area contributed by atoms with Crippen molar-refractivity contribution in [3.63, 3.8) is 0 Å². The molecule has 0 spiro atoms. The van der Waals surface area contributed by atoms with Crippen LogP contribution in [0.3, 0.4) is 0 Å². The van der Waals surface area contributed by atoms with Gasteiger partial charge in [0.2, 0.25) is 0 Å². The molecule has 0 amide bonds. The molecule has 106 valence electrons. The van der Waals surface area contributed by atoms with Gasteiger partial charge < -0.3 is 9.63 Å². The zero-order chi connectivity index (χ0) is 14.7. The summed E-state index contributed by atoms with van der Waals surface area (Å²) in [6.07, 6.45) is 0. The lowest BCUT2D eigenvalue weighted by Gasteiger charge is -2.32. The van der Waals surface area contributed by atoms with E-state index in [-0.39, 0.29) is 0 Å². The molecule has 0 radical (unpaired) electrons. The molecular formula is C13H20NO4P. The second kappa shape index (κ2) is 5.76. The second-order valence-corrected chi connectivity index (χ2v) is 8.20.